The van der Waals surface area contributed by atoms with Crippen molar-refractivity contribution in [3.8, 4) is 11.5 Å². The van der Waals surface area contributed by atoms with Crippen LogP contribution in [0, 0.1) is 5.92 Å². The van der Waals surface area contributed by atoms with Gasteiger partial charge in [0, 0.05) is 19.0 Å². The van der Waals surface area contributed by atoms with E-state index in [2.05, 4.69) is 0 Å². The lowest BCUT2D eigenvalue weighted by Gasteiger charge is -2.17. The zero-order valence-electron chi connectivity index (χ0n) is 11.4. The van der Waals surface area contributed by atoms with Crippen LogP contribution >= 0.6 is 0 Å². The number of methoxy groups -OCH3 is 2. The zero-order valence-corrected chi connectivity index (χ0v) is 11.4. The van der Waals surface area contributed by atoms with Gasteiger partial charge in [0.25, 0.3) is 0 Å². The lowest BCUT2D eigenvalue weighted by Crippen LogP contribution is -2.21. The number of hydrogen-bond donors (Lipinski definition) is 1. The Balaban J connectivity index is 2.33. The van der Waals surface area contributed by atoms with Gasteiger partial charge in [-0.15, -0.1) is 0 Å². The summed E-state index contributed by atoms with van der Waals surface area (Å²) in [5, 5.41) is 9.31. The largest absolute Gasteiger partial charge is 0.493 e. The van der Waals surface area contributed by atoms with Crippen molar-refractivity contribution < 1.29 is 19.4 Å². The minimum atomic E-state index is -0.746. The molecule has 1 saturated heterocycles. The lowest BCUT2D eigenvalue weighted by atomic mass is 9.89. The van der Waals surface area contributed by atoms with Crippen molar-refractivity contribution in [2.24, 2.45) is 5.92 Å². The third-order valence-corrected chi connectivity index (χ3v) is 3.66. The number of rotatable bonds is 4. The first-order valence-electron chi connectivity index (χ1n) is 6.20. The highest BCUT2D eigenvalue weighted by molar-refractivity contribution is 5.72. The van der Waals surface area contributed by atoms with Gasteiger partial charge in [0.2, 0.25) is 0 Å². The lowest BCUT2D eigenvalue weighted by molar-refractivity contribution is -0.141. The maximum absolute atomic E-state index is 11.3. The van der Waals surface area contributed by atoms with Gasteiger partial charge in [-0.05, 0) is 24.7 Å². The average Bonchev–Trinajstić information content (AvgIpc) is 2.80. The molecular formula is C14H19NO4. The predicted octanol–water partition coefficient (Wildman–Crippen LogP) is 1.43. The molecule has 2 unspecified atom stereocenters. The molecule has 2 rings (SSSR count). The fraction of sp³-hybridized carbons (Fsp3) is 0.500. The summed E-state index contributed by atoms with van der Waals surface area (Å²) in [6.07, 6.45) is 0. The van der Waals surface area contributed by atoms with E-state index >= 15 is 0 Å². The van der Waals surface area contributed by atoms with Gasteiger partial charge in [0.05, 0.1) is 20.1 Å². The first kappa shape index (κ1) is 13.7. The Hall–Kier alpha value is -1.75. The van der Waals surface area contributed by atoms with Crippen LogP contribution in [-0.2, 0) is 4.79 Å². The first-order chi connectivity index (χ1) is 9.06. The Labute approximate surface area is 112 Å². The standard InChI is InChI=1S/C14H19NO4/c1-15-7-10(11(8-15)14(16)17)9-4-5-12(18-2)13(6-9)19-3/h4-6,10-11H,7-8H2,1-3H3,(H,16,17). The maximum Gasteiger partial charge on any atom is 0.308 e. The average molecular weight is 265 g/mol. The van der Waals surface area contributed by atoms with Crippen molar-refractivity contribution in [2.75, 3.05) is 34.4 Å². The first-order valence-corrected chi connectivity index (χ1v) is 6.20. The van der Waals surface area contributed by atoms with Crippen LogP contribution in [0.15, 0.2) is 18.2 Å². The van der Waals surface area contributed by atoms with Gasteiger partial charge in [-0.3, -0.25) is 4.79 Å². The Kier molecular flexibility index (Phi) is 3.95. The number of benzene rings is 1. The quantitative estimate of drug-likeness (QED) is 0.892. The number of carboxylic acids is 1. The van der Waals surface area contributed by atoms with Crippen LogP contribution in [0.2, 0.25) is 0 Å². The molecule has 0 bridgehead atoms. The number of carbonyl (C=O) groups is 1. The number of ether oxygens (including phenoxy) is 2. The summed E-state index contributed by atoms with van der Waals surface area (Å²) in [4.78, 5) is 13.4. The van der Waals surface area contributed by atoms with E-state index in [1.807, 2.05) is 30.1 Å². The molecule has 19 heavy (non-hydrogen) atoms. The fourth-order valence-corrected chi connectivity index (χ4v) is 2.67. The Bertz CT molecular complexity index is 475. The van der Waals surface area contributed by atoms with Crippen LogP contribution in [0.5, 0.6) is 11.5 Å². The molecule has 1 aromatic carbocycles. The summed E-state index contributed by atoms with van der Waals surface area (Å²) in [6, 6.07) is 5.62. The summed E-state index contributed by atoms with van der Waals surface area (Å²) in [6.45, 7) is 1.32. The van der Waals surface area contributed by atoms with Crippen molar-refractivity contribution >= 4 is 5.97 Å². The molecule has 1 fully saturated rings. The maximum atomic E-state index is 11.3. The Morgan fingerprint density at radius 2 is 1.95 bits per heavy atom. The second-order valence-corrected chi connectivity index (χ2v) is 4.89. The third kappa shape index (κ3) is 2.66. The van der Waals surface area contributed by atoms with Crippen molar-refractivity contribution in [1.82, 2.24) is 4.90 Å². The molecule has 1 N–H and O–H groups in total. The van der Waals surface area contributed by atoms with E-state index in [0.29, 0.717) is 18.0 Å². The number of carboxylic acid groups (broad SMARTS) is 1. The zero-order chi connectivity index (χ0) is 14.0. The minimum Gasteiger partial charge on any atom is -0.493 e. The van der Waals surface area contributed by atoms with Gasteiger partial charge in [0.15, 0.2) is 11.5 Å². The van der Waals surface area contributed by atoms with Gasteiger partial charge in [0.1, 0.15) is 0 Å². The van der Waals surface area contributed by atoms with Crippen LogP contribution < -0.4 is 9.47 Å². The molecule has 1 heterocycles. The van der Waals surface area contributed by atoms with Crippen molar-refractivity contribution in [1.29, 1.82) is 0 Å². The molecule has 1 aromatic rings. The van der Waals surface area contributed by atoms with Crippen molar-refractivity contribution in [3.05, 3.63) is 23.8 Å². The molecule has 0 spiro atoms. The topological polar surface area (TPSA) is 59.0 Å². The smallest absolute Gasteiger partial charge is 0.308 e. The second-order valence-electron chi connectivity index (χ2n) is 4.89. The summed E-state index contributed by atoms with van der Waals surface area (Å²) >= 11 is 0. The summed E-state index contributed by atoms with van der Waals surface area (Å²) < 4.78 is 10.5. The van der Waals surface area contributed by atoms with Crippen LogP contribution in [0.3, 0.4) is 0 Å². The van der Waals surface area contributed by atoms with E-state index in [9.17, 15) is 9.90 Å². The summed E-state index contributed by atoms with van der Waals surface area (Å²) in [5.74, 6) is 0.165. The number of hydrogen-bond acceptors (Lipinski definition) is 4. The van der Waals surface area contributed by atoms with Gasteiger partial charge in [-0.2, -0.15) is 0 Å². The van der Waals surface area contributed by atoms with E-state index in [0.717, 1.165) is 12.1 Å². The van der Waals surface area contributed by atoms with E-state index in [4.69, 9.17) is 9.47 Å². The highest BCUT2D eigenvalue weighted by Crippen LogP contribution is 2.36. The molecule has 0 aromatic heterocycles. The molecule has 5 heteroatoms. The summed E-state index contributed by atoms with van der Waals surface area (Å²) in [7, 11) is 5.11. The van der Waals surface area contributed by atoms with Gasteiger partial charge >= 0.3 is 5.97 Å². The molecule has 0 aliphatic carbocycles. The monoisotopic (exact) mass is 265 g/mol. The number of aliphatic carboxylic acids is 1. The van der Waals surface area contributed by atoms with Crippen LogP contribution in [0.1, 0.15) is 11.5 Å². The summed E-state index contributed by atoms with van der Waals surface area (Å²) in [5.41, 5.74) is 0.981. The molecule has 2 atom stereocenters. The van der Waals surface area contributed by atoms with E-state index in [1.165, 1.54) is 0 Å². The molecule has 1 aliphatic heterocycles. The minimum absolute atomic E-state index is 0.0118. The number of likely N-dealkylation sites (N-methyl/N-ethyl adjacent to an activating group) is 1. The van der Waals surface area contributed by atoms with Crippen molar-refractivity contribution in [2.45, 2.75) is 5.92 Å². The second kappa shape index (κ2) is 5.48. The predicted molar refractivity (Wildman–Crippen MR) is 70.9 cm³/mol. The number of likely N-dealkylation sites (tertiary alicyclic amines) is 1. The molecule has 104 valence electrons. The normalized spacial score (nSPS) is 23.3. The molecule has 0 amide bonds. The van der Waals surface area contributed by atoms with Crippen LogP contribution in [0.25, 0.3) is 0 Å². The highest BCUT2D eigenvalue weighted by Gasteiger charge is 2.37. The Morgan fingerprint density at radius 1 is 1.26 bits per heavy atom. The van der Waals surface area contributed by atoms with Gasteiger partial charge in [-0.25, -0.2) is 0 Å². The van der Waals surface area contributed by atoms with Crippen LogP contribution in [-0.4, -0.2) is 50.3 Å². The Morgan fingerprint density at radius 3 is 2.53 bits per heavy atom. The van der Waals surface area contributed by atoms with Crippen molar-refractivity contribution in [3.63, 3.8) is 0 Å². The number of nitrogens with zero attached hydrogens (tertiary/aromatic N) is 1. The molecule has 0 saturated carbocycles. The molecule has 0 radical (unpaired) electrons. The molecule has 1 aliphatic rings. The van der Waals surface area contributed by atoms with E-state index in [-0.39, 0.29) is 11.8 Å². The highest BCUT2D eigenvalue weighted by atomic mass is 16.5. The van der Waals surface area contributed by atoms with E-state index < -0.39 is 5.97 Å². The van der Waals surface area contributed by atoms with E-state index in [1.54, 1.807) is 14.2 Å². The SMILES string of the molecule is COc1ccc(C2CN(C)CC2C(=O)O)cc1OC. The fourth-order valence-electron chi connectivity index (χ4n) is 2.67. The molecule has 5 nitrogen and oxygen atoms in total. The van der Waals surface area contributed by atoms with Crippen LogP contribution in [0.4, 0.5) is 0 Å². The van der Waals surface area contributed by atoms with Gasteiger partial charge < -0.3 is 19.5 Å². The molecular weight excluding hydrogens is 246 g/mol. The third-order valence-electron chi connectivity index (χ3n) is 3.66. The van der Waals surface area contributed by atoms with Gasteiger partial charge in [-0.1, -0.05) is 6.07 Å².